The van der Waals surface area contributed by atoms with Crippen molar-refractivity contribution < 1.29 is 13.2 Å². The van der Waals surface area contributed by atoms with E-state index in [0.29, 0.717) is 16.0 Å². The van der Waals surface area contributed by atoms with Crippen molar-refractivity contribution in [2.24, 2.45) is 0 Å². The molecule has 4 aromatic rings. The number of thiazole rings is 1. The fourth-order valence-corrected chi connectivity index (χ4v) is 9.24. The number of hydrogen-bond donors (Lipinski definition) is 1. The molecule has 0 aliphatic carbocycles. The average molecular weight is 602 g/mol. The van der Waals surface area contributed by atoms with Gasteiger partial charge in [0, 0.05) is 68.4 Å². The van der Waals surface area contributed by atoms with Crippen LogP contribution in [0.25, 0.3) is 21.6 Å². The first-order valence-corrected chi connectivity index (χ1v) is 16.7. The number of piperazine rings is 1. The molecule has 0 amide bonds. The zero-order valence-electron chi connectivity index (χ0n) is 22.4. The summed E-state index contributed by atoms with van der Waals surface area (Å²) in [5.74, 6) is 0. The zero-order valence-corrected chi connectivity index (χ0v) is 24.8. The fraction of sp³-hybridized carbons (Fsp3) is 0.483. The molecule has 2 saturated heterocycles. The SMILES string of the molecule is C.CC(C)N(c1cccc2cc(-c3ncc(CN4CCN(CC5CCCO5)CC4)s3)[nH]c12)S(=O)(=O)c1cccs1. The van der Waals surface area contributed by atoms with Crippen LogP contribution in [0, 0.1) is 0 Å². The number of para-hydroxylation sites is 1. The van der Waals surface area contributed by atoms with Gasteiger partial charge in [-0.25, -0.2) is 13.4 Å². The van der Waals surface area contributed by atoms with Gasteiger partial charge in [-0.2, -0.15) is 0 Å². The number of ether oxygens (including phenoxy) is 1. The molecule has 0 spiro atoms. The maximum absolute atomic E-state index is 13.6. The number of sulfonamides is 1. The summed E-state index contributed by atoms with van der Waals surface area (Å²) < 4.78 is 34.8. The van der Waals surface area contributed by atoms with E-state index in [-0.39, 0.29) is 13.5 Å². The molecule has 0 saturated carbocycles. The highest BCUT2D eigenvalue weighted by molar-refractivity contribution is 7.94. The van der Waals surface area contributed by atoms with E-state index in [1.807, 2.05) is 38.2 Å². The van der Waals surface area contributed by atoms with Crippen LogP contribution in [0.4, 0.5) is 5.69 Å². The molecule has 216 valence electrons. The molecule has 2 fully saturated rings. The first-order valence-electron chi connectivity index (χ1n) is 13.6. The number of aromatic amines is 1. The number of H-pyrrole nitrogens is 1. The minimum absolute atomic E-state index is 0. The predicted molar refractivity (Wildman–Crippen MR) is 166 cm³/mol. The van der Waals surface area contributed by atoms with Crippen LogP contribution < -0.4 is 4.31 Å². The van der Waals surface area contributed by atoms with Crippen LogP contribution in [0.3, 0.4) is 0 Å². The lowest BCUT2D eigenvalue weighted by molar-refractivity contribution is 0.0491. The first-order chi connectivity index (χ1) is 18.9. The third-order valence-corrected chi connectivity index (χ3v) is 11.8. The molecular formula is C29H39N5O3S3. The maximum atomic E-state index is 13.6. The van der Waals surface area contributed by atoms with Crippen molar-refractivity contribution in [1.29, 1.82) is 0 Å². The van der Waals surface area contributed by atoms with Gasteiger partial charge >= 0.3 is 0 Å². The van der Waals surface area contributed by atoms with Gasteiger partial charge < -0.3 is 9.72 Å². The Morgan fingerprint density at radius 1 is 1.15 bits per heavy atom. The topological polar surface area (TPSA) is 81.8 Å². The molecular weight excluding hydrogens is 563 g/mol. The number of rotatable bonds is 9. The van der Waals surface area contributed by atoms with Crippen LogP contribution in [0.2, 0.25) is 0 Å². The molecule has 6 rings (SSSR count). The van der Waals surface area contributed by atoms with Gasteiger partial charge in [-0.3, -0.25) is 14.1 Å². The third kappa shape index (κ3) is 6.00. The van der Waals surface area contributed by atoms with Gasteiger partial charge in [0.05, 0.1) is 23.0 Å². The second-order valence-electron chi connectivity index (χ2n) is 10.6. The van der Waals surface area contributed by atoms with E-state index in [9.17, 15) is 8.42 Å². The molecule has 3 aromatic heterocycles. The Labute approximate surface area is 245 Å². The van der Waals surface area contributed by atoms with Crippen LogP contribution in [-0.2, 0) is 21.3 Å². The van der Waals surface area contributed by atoms with Crippen LogP contribution in [0.15, 0.2) is 52.2 Å². The quantitative estimate of drug-likeness (QED) is 0.258. The van der Waals surface area contributed by atoms with Crippen LogP contribution in [0.5, 0.6) is 0 Å². The summed E-state index contributed by atoms with van der Waals surface area (Å²) >= 11 is 2.94. The van der Waals surface area contributed by atoms with Crippen molar-refractivity contribution in [3.63, 3.8) is 0 Å². The van der Waals surface area contributed by atoms with E-state index < -0.39 is 10.0 Å². The lowest BCUT2D eigenvalue weighted by atomic mass is 10.2. The molecule has 2 aliphatic rings. The Bertz CT molecular complexity index is 1500. The van der Waals surface area contributed by atoms with Gasteiger partial charge in [-0.15, -0.1) is 22.7 Å². The van der Waals surface area contributed by atoms with Crippen LogP contribution in [0.1, 0.15) is 39.0 Å². The molecule has 1 N–H and O–H groups in total. The minimum atomic E-state index is -3.68. The van der Waals surface area contributed by atoms with Crippen molar-refractivity contribution in [2.75, 3.05) is 43.6 Å². The highest BCUT2D eigenvalue weighted by Gasteiger charge is 2.30. The second kappa shape index (κ2) is 12.3. The molecule has 0 bridgehead atoms. The number of aromatic nitrogens is 2. The second-order valence-corrected chi connectivity index (χ2v) is 14.7. The van der Waals surface area contributed by atoms with E-state index in [2.05, 4.69) is 20.9 Å². The van der Waals surface area contributed by atoms with E-state index >= 15 is 0 Å². The molecule has 0 radical (unpaired) electrons. The van der Waals surface area contributed by atoms with Crippen molar-refractivity contribution in [2.45, 2.75) is 57.0 Å². The summed E-state index contributed by atoms with van der Waals surface area (Å²) in [6, 6.07) is 11.1. The fourth-order valence-electron chi connectivity index (χ4n) is 5.56. The Morgan fingerprint density at radius 3 is 2.65 bits per heavy atom. The predicted octanol–water partition coefficient (Wildman–Crippen LogP) is 5.89. The van der Waals surface area contributed by atoms with Gasteiger partial charge in [-0.05, 0) is 50.3 Å². The lowest BCUT2D eigenvalue weighted by Crippen LogP contribution is -2.47. The summed E-state index contributed by atoms with van der Waals surface area (Å²) in [5.41, 5.74) is 2.37. The zero-order chi connectivity index (χ0) is 27.0. The molecule has 2 aliphatic heterocycles. The Hall–Kier alpha value is -2.28. The number of nitrogens with zero attached hydrogens (tertiary/aromatic N) is 4. The van der Waals surface area contributed by atoms with E-state index in [1.54, 1.807) is 28.8 Å². The Balaban J connectivity index is 0.00000323. The van der Waals surface area contributed by atoms with Gasteiger partial charge in [-0.1, -0.05) is 25.6 Å². The van der Waals surface area contributed by atoms with Gasteiger partial charge in [0.2, 0.25) is 0 Å². The van der Waals surface area contributed by atoms with Crippen molar-refractivity contribution in [3.8, 4) is 10.7 Å². The molecule has 1 unspecified atom stereocenters. The molecule has 40 heavy (non-hydrogen) atoms. The van der Waals surface area contributed by atoms with E-state index in [1.165, 1.54) is 33.4 Å². The molecule has 1 aromatic carbocycles. The lowest BCUT2D eigenvalue weighted by Gasteiger charge is -2.35. The third-order valence-electron chi connectivity index (χ3n) is 7.46. The van der Waals surface area contributed by atoms with Crippen LogP contribution >= 0.6 is 22.7 Å². The minimum Gasteiger partial charge on any atom is -0.377 e. The number of nitrogens with one attached hydrogen (secondary N) is 1. The Kier molecular flexibility index (Phi) is 8.98. The summed E-state index contributed by atoms with van der Waals surface area (Å²) in [4.78, 5) is 14.5. The standard InChI is InChI=1S/C28H35N5O3S3.CH4/c1-20(2)33(39(34,35)26-9-5-15-37-26)25-8-3-6-21-16-24(30-27(21)25)28-29-17-23(38-28)19-32-12-10-31(11-13-32)18-22-7-4-14-36-22;/h3,5-6,8-9,15-17,20,22,30H,4,7,10-14,18-19H2,1-2H3;1H4. The van der Waals surface area contributed by atoms with Crippen molar-refractivity contribution in [3.05, 3.63) is 52.9 Å². The van der Waals surface area contributed by atoms with E-state index in [0.717, 1.165) is 67.5 Å². The average Bonchev–Trinajstić information content (AvgIpc) is 3.72. The number of benzene rings is 1. The number of anilines is 1. The summed E-state index contributed by atoms with van der Waals surface area (Å²) in [7, 11) is -3.68. The molecule has 1 atom stereocenters. The monoisotopic (exact) mass is 601 g/mol. The largest absolute Gasteiger partial charge is 0.377 e. The van der Waals surface area contributed by atoms with Crippen LogP contribution in [-0.4, -0.2) is 79.7 Å². The van der Waals surface area contributed by atoms with Crippen molar-refractivity contribution >= 4 is 49.3 Å². The number of hydrogen-bond acceptors (Lipinski definition) is 8. The number of thiophene rings is 1. The first kappa shape index (κ1) is 29.2. The number of fused-ring (bicyclic) bond motifs is 1. The normalized spacial score (nSPS) is 18.9. The summed E-state index contributed by atoms with van der Waals surface area (Å²) in [5, 5.41) is 3.68. The summed E-state index contributed by atoms with van der Waals surface area (Å²) in [6.45, 7) is 11.0. The highest BCUT2D eigenvalue weighted by Crippen LogP contribution is 2.36. The molecule has 11 heteroatoms. The van der Waals surface area contributed by atoms with E-state index in [4.69, 9.17) is 9.72 Å². The molecule has 5 heterocycles. The van der Waals surface area contributed by atoms with Gasteiger partial charge in [0.25, 0.3) is 10.0 Å². The molecule has 8 nitrogen and oxygen atoms in total. The summed E-state index contributed by atoms with van der Waals surface area (Å²) in [6.07, 6.45) is 4.78. The van der Waals surface area contributed by atoms with Crippen molar-refractivity contribution in [1.82, 2.24) is 19.8 Å². The maximum Gasteiger partial charge on any atom is 0.274 e. The smallest absolute Gasteiger partial charge is 0.274 e. The Morgan fingerprint density at radius 2 is 1.95 bits per heavy atom. The van der Waals surface area contributed by atoms with Gasteiger partial charge in [0.1, 0.15) is 9.22 Å². The highest BCUT2D eigenvalue weighted by atomic mass is 32.2. The van der Waals surface area contributed by atoms with Gasteiger partial charge in [0.15, 0.2) is 0 Å².